The molecule has 138 valence electrons. The van der Waals surface area contributed by atoms with Crippen LogP contribution in [0.4, 0.5) is 0 Å². The lowest BCUT2D eigenvalue weighted by Gasteiger charge is -2.12. The zero-order valence-corrected chi connectivity index (χ0v) is 13.8. The molecule has 1 rings (SSSR count). The van der Waals surface area contributed by atoms with Crippen molar-refractivity contribution in [3.8, 4) is 5.75 Å². The van der Waals surface area contributed by atoms with Gasteiger partial charge in [-0.15, -0.1) is 10.1 Å². The monoisotopic (exact) mass is 353 g/mol. The van der Waals surface area contributed by atoms with Crippen molar-refractivity contribution in [2.45, 2.75) is 31.7 Å². The lowest BCUT2D eigenvalue weighted by atomic mass is 10.1. The molecular weight excluding hydrogens is 330 g/mol. The average Bonchev–Trinajstić information content (AvgIpc) is 2.56. The molecule has 0 radical (unpaired) electrons. The Hall–Kier alpha value is -2.88. The van der Waals surface area contributed by atoms with Gasteiger partial charge in [-0.25, -0.2) is 4.79 Å². The van der Waals surface area contributed by atoms with Crippen molar-refractivity contribution in [2.24, 2.45) is 11.5 Å². The van der Waals surface area contributed by atoms with Crippen molar-refractivity contribution in [3.63, 3.8) is 0 Å². The highest BCUT2D eigenvalue weighted by atomic mass is 16.9. The molecule has 10 heteroatoms. The van der Waals surface area contributed by atoms with Gasteiger partial charge in [0.2, 0.25) is 0 Å². The van der Waals surface area contributed by atoms with Crippen molar-refractivity contribution >= 4 is 11.9 Å². The molecule has 6 N–H and O–H groups in total. The predicted molar refractivity (Wildman–Crippen MR) is 90.5 cm³/mol. The number of hydrogen-bond acceptors (Lipinski definition) is 7. The molecule has 10 nitrogen and oxygen atoms in total. The normalized spacial score (nSPS) is 11.4. The molecule has 1 unspecified atom stereocenters. The third-order valence-corrected chi connectivity index (χ3v) is 3.26. The number of nitrogens with one attached hydrogen (secondary N) is 2. The van der Waals surface area contributed by atoms with Crippen LogP contribution in [0.2, 0.25) is 0 Å². The first kappa shape index (κ1) is 20.2. The minimum Gasteiger partial charge on any atom is -0.425 e. The van der Waals surface area contributed by atoms with Crippen LogP contribution < -0.4 is 21.5 Å². The van der Waals surface area contributed by atoms with Gasteiger partial charge in [0.15, 0.2) is 5.96 Å². The molecule has 0 amide bonds. The molecule has 0 fully saturated rings. The number of carbonyl (C=O) groups is 1. The van der Waals surface area contributed by atoms with E-state index in [1.165, 1.54) is 0 Å². The number of nitrogens with two attached hydrogens (primary N) is 2. The highest BCUT2D eigenvalue weighted by Crippen LogP contribution is 2.14. The van der Waals surface area contributed by atoms with Crippen molar-refractivity contribution in [2.75, 3.05) is 13.2 Å². The van der Waals surface area contributed by atoms with Gasteiger partial charge in [0.1, 0.15) is 11.8 Å². The lowest BCUT2D eigenvalue weighted by Crippen LogP contribution is -2.36. The number of benzene rings is 1. The Labute approximate surface area is 145 Å². The van der Waals surface area contributed by atoms with Crippen molar-refractivity contribution in [1.29, 1.82) is 5.41 Å². The van der Waals surface area contributed by atoms with Crippen molar-refractivity contribution in [3.05, 3.63) is 39.9 Å². The Morgan fingerprint density at radius 1 is 1.32 bits per heavy atom. The zero-order chi connectivity index (χ0) is 18.7. The van der Waals surface area contributed by atoms with Crippen LogP contribution in [-0.4, -0.2) is 36.2 Å². The molecule has 1 aromatic rings. The highest BCUT2D eigenvalue weighted by Gasteiger charge is 2.15. The van der Waals surface area contributed by atoms with Crippen LogP contribution in [-0.2, 0) is 16.1 Å². The van der Waals surface area contributed by atoms with Gasteiger partial charge in [-0.1, -0.05) is 12.1 Å². The SMILES string of the molecule is N=C(N)NCCCC(N)C(=O)Oc1ccc(CCCO[N+](=O)[O-])cc1. The molecule has 0 saturated heterocycles. The summed E-state index contributed by atoms with van der Waals surface area (Å²) in [6, 6.07) is 6.08. The van der Waals surface area contributed by atoms with Gasteiger partial charge in [0, 0.05) is 6.54 Å². The molecule has 1 atom stereocenters. The third-order valence-electron chi connectivity index (χ3n) is 3.26. The van der Waals surface area contributed by atoms with E-state index in [1.807, 2.05) is 0 Å². The number of aryl methyl sites for hydroxylation is 1. The van der Waals surface area contributed by atoms with Gasteiger partial charge in [-0.2, -0.15) is 0 Å². The van der Waals surface area contributed by atoms with E-state index in [0.717, 1.165) is 5.56 Å². The summed E-state index contributed by atoms with van der Waals surface area (Å²) in [6.45, 7) is 0.502. The Morgan fingerprint density at radius 3 is 2.60 bits per heavy atom. The first-order valence-electron chi connectivity index (χ1n) is 7.80. The van der Waals surface area contributed by atoms with Crippen LogP contribution in [0.1, 0.15) is 24.8 Å². The number of carbonyl (C=O) groups excluding carboxylic acids is 1. The second-order valence-electron chi connectivity index (χ2n) is 5.31. The van der Waals surface area contributed by atoms with E-state index in [-0.39, 0.29) is 12.6 Å². The number of esters is 1. The summed E-state index contributed by atoms with van der Waals surface area (Å²) in [5, 5.41) is 18.9. The molecule has 0 aliphatic rings. The third kappa shape index (κ3) is 9.11. The second-order valence-corrected chi connectivity index (χ2v) is 5.31. The van der Waals surface area contributed by atoms with Gasteiger partial charge < -0.3 is 26.4 Å². The van der Waals surface area contributed by atoms with Gasteiger partial charge in [0.25, 0.3) is 5.09 Å². The molecule has 25 heavy (non-hydrogen) atoms. The first-order valence-corrected chi connectivity index (χ1v) is 7.80. The number of nitrogens with zero attached hydrogens (tertiary/aromatic N) is 1. The fraction of sp³-hybridized carbons (Fsp3) is 0.467. The summed E-state index contributed by atoms with van der Waals surface area (Å²) in [6.07, 6.45) is 2.12. The molecule has 1 aromatic carbocycles. The number of rotatable bonds is 11. The molecular formula is C15H23N5O5. The van der Waals surface area contributed by atoms with E-state index in [2.05, 4.69) is 10.2 Å². The van der Waals surface area contributed by atoms with E-state index in [0.29, 0.717) is 38.0 Å². The molecule has 0 heterocycles. The molecule has 0 bridgehead atoms. The van der Waals surface area contributed by atoms with Gasteiger partial charge >= 0.3 is 5.97 Å². The number of guanidine groups is 1. The summed E-state index contributed by atoms with van der Waals surface area (Å²) in [5.74, 6) is -0.274. The molecule has 0 aliphatic heterocycles. The van der Waals surface area contributed by atoms with Crippen LogP contribution >= 0.6 is 0 Å². The van der Waals surface area contributed by atoms with Gasteiger partial charge in [-0.05, 0) is 43.4 Å². The van der Waals surface area contributed by atoms with E-state index >= 15 is 0 Å². The van der Waals surface area contributed by atoms with Crippen LogP contribution in [0.25, 0.3) is 0 Å². The number of hydrogen-bond donors (Lipinski definition) is 4. The summed E-state index contributed by atoms with van der Waals surface area (Å²) in [7, 11) is 0. The van der Waals surface area contributed by atoms with E-state index in [1.54, 1.807) is 24.3 Å². The fourth-order valence-electron chi connectivity index (χ4n) is 1.99. The lowest BCUT2D eigenvalue weighted by molar-refractivity contribution is -0.757. The highest BCUT2D eigenvalue weighted by molar-refractivity contribution is 5.78. The maximum absolute atomic E-state index is 11.9. The van der Waals surface area contributed by atoms with E-state index < -0.39 is 17.1 Å². The smallest absolute Gasteiger partial charge is 0.328 e. The van der Waals surface area contributed by atoms with Gasteiger partial charge in [0.05, 0.1) is 6.61 Å². The Balaban J connectivity index is 2.32. The zero-order valence-electron chi connectivity index (χ0n) is 13.8. The minimum atomic E-state index is -0.817. The second kappa shape index (κ2) is 10.8. The quantitative estimate of drug-likeness (QED) is 0.0839. The van der Waals surface area contributed by atoms with Crippen LogP contribution in [0.15, 0.2) is 24.3 Å². The van der Waals surface area contributed by atoms with E-state index in [9.17, 15) is 14.9 Å². The summed E-state index contributed by atoms with van der Waals surface area (Å²) in [5.41, 5.74) is 11.9. The Bertz CT molecular complexity index is 578. The van der Waals surface area contributed by atoms with E-state index in [4.69, 9.17) is 21.6 Å². The number of ether oxygens (including phenoxy) is 1. The van der Waals surface area contributed by atoms with Gasteiger partial charge in [-0.3, -0.25) is 5.41 Å². The molecule has 0 saturated carbocycles. The maximum Gasteiger partial charge on any atom is 0.328 e. The predicted octanol–water partition coefficient (Wildman–Crippen LogP) is 0.323. The Morgan fingerprint density at radius 2 is 2.00 bits per heavy atom. The first-order chi connectivity index (χ1) is 11.9. The fourth-order valence-corrected chi connectivity index (χ4v) is 1.99. The molecule has 0 aliphatic carbocycles. The van der Waals surface area contributed by atoms with Crippen LogP contribution in [0, 0.1) is 15.5 Å². The van der Waals surface area contributed by atoms with Crippen LogP contribution in [0.5, 0.6) is 5.75 Å². The van der Waals surface area contributed by atoms with Crippen molar-refractivity contribution < 1.29 is 19.5 Å². The standard InChI is InChI=1S/C15H23N5O5/c16-13(4-1-9-19-15(17)18)14(21)25-12-7-5-11(6-8-12)3-2-10-24-20(22)23/h5-8,13H,1-4,9-10,16H2,(H4,17,18,19). The Kier molecular flexibility index (Phi) is 8.72. The summed E-state index contributed by atoms with van der Waals surface area (Å²) < 4.78 is 5.20. The summed E-state index contributed by atoms with van der Waals surface area (Å²) in [4.78, 5) is 26.2. The topological polar surface area (TPSA) is 167 Å². The largest absolute Gasteiger partial charge is 0.425 e. The average molecular weight is 353 g/mol. The van der Waals surface area contributed by atoms with Crippen molar-refractivity contribution in [1.82, 2.24) is 5.32 Å². The maximum atomic E-state index is 11.9. The van der Waals surface area contributed by atoms with Crippen LogP contribution in [0.3, 0.4) is 0 Å². The summed E-state index contributed by atoms with van der Waals surface area (Å²) >= 11 is 0. The molecule has 0 aromatic heterocycles. The minimum absolute atomic E-state index is 0.0388. The molecule has 0 spiro atoms.